The Hall–Kier alpha value is -0.740. The Morgan fingerprint density at radius 1 is 1.56 bits per heavy atom. The summed E-state index contributed by atoms with van der Waals surface area (Å²) in [6, 6.07) is 4.91. The van der Waals surface area contributed by atoms with Gasteiger partial charge >= 0.3 is 0 Å². The average Bonchev–Trinajstić information content (AvgIpc) is 2.28. The fourth-order valence-electron chi connectivity index (χ4n) is 2.06. The number of thioether (sulfide) groups is 1. The molecule has 16 heavy (non-hydrogen) atoms. The number of nitrogens with zero attached hydrogens (tertiary/aromatic N) is 1. The van der Waals surface area contributed by atoms with E-state index in [1.807, 2.05) is 17.8 Å². The average molecular weight is 240 g/mol. The fraction of sp³-hybridized carbons (Fsp3) is 0.500. The first kappa shape index (κ1) is 11.7. The molecule has 1 atom stereocenters. The standard InChI is InChI=1S/C12H17FN2S/c1-9-8-15(4-5-16-9)12-3-2-11(13)6-10(12)7-14/h2-3,6,9H,4-5,7-8,14H2,1H3. The van der Waals surface area contributed by atoms with Gasteiger partial charge in [0.2, 0.25) is 0 Å². The molecule has 0 radical (unpaired) electrons. The summed E-state index contributed by atoms with van der Waals surface area (Å²) in [4.78, 5) is 2.31. The van der Waals surface area contributed by atoms with Gasteiger partial charge in [-0.05, 0) is 23.8 Å². The highest BCUT2D eigenvalue weighted by Gasteiger charge is 2.18. The van der Waals surface area contributed by atoms with Crippen LogP contribution in [0.4, 0.5) is 10.1 Å². The van der Waals surface area contributed by atoms with E-state index in [4.69, 9.17) is 5.73 Å². The summed E-state index contributed by atoms with van der Waals surface area (Å²) in [6.07, 6.45) is 0. The lowest BCUT2D eigenvalue weighted by Crippen LogP contribution is -2.37. The molecule has 2 N–H and O–H groups in total. The maximum absolute atomic E-state index is 13.1. The summed E-state index contributed by atoms with van der Waals surface area (Å²) in [7, 11) is 0. The zero-order chi connectivity index (χ0) is 11.5. The maximum atomic E-state index is 13.1. The zero-order valence-electron chi connectivity index (χ0n) is 9.45. The Bertz CT molecular complexity index is 370. The summed E-state index contributed by atoms with van der Waals surface area (Å²) in [5.74, 6) is 0.923. The minimum absolute atomic E-state index is 0.205. The molecule has 1 fully saturated rings. The predicted octanol–water partition coefficient (Wildman–Crippen LogP) is 2.23. The molecule has 1 heterocycles. The highest BCUT2D eigenvalue weighted by molar-refractivity contribution is 8.00. The van der Waals surface area contributed by atoms with Gasteiger partial charge < -0.3 is 10.6 Å². The van der Waals surface area contributed by atoms with Crippen molar-refractivity contribution in [2.45, 2.75) is 18.7 Å². The highest BCUT2D eigenvalue weighted by Crippen LogP contribution is 2.27. The van der Waals surface area contributed by atoms with Crippen LogP contribution >= 0.6 is 11.8 Å². The van der Waals surface area contributed by atoms with Crippen molar-refractivity contribution >= 4 is 17.4 Å². The van der Waals surface area contributed by atoms with Gasteiger partial charge in [-0.25, -0.2) is 4.39 Å². The van der Waals surface area contributed by atoms with Crippen LogP contribution < -0.4 is 10.6 Å². The van der Waals surface area contributed by atoms with E-state index in [9.17, 15) is 4.39 Å². The predicted molar refractivity (Wildman–Crippen MR) is 68.4 cm³/mol. The van der Waals surface area contributed by atoms with Gasteiger partial charge in [-0.3, -0.25) is 0 Å². The highest BCUT2D eigenvalue weighted by atomic mass is 32.2. The number of hydrogen-bond acceptors (Lipinski definition) is 3. The van der Waals surface area contributed by atoms with Crippen molar-refractivity contribution in [3.63, 3.8) is 0 Å². The lowest BCUT2D eigenvalue weighted by atomic mass is 10.1. The first-order chi connectivity index (χ1) is 7.70. The summed E-state index contributed by atoms with van der Waals surface area (Å²) < 4.78 is 13.1. The first-order valence-corrected chi connectivity index (χ1v) is 6.60. The molecule has 2 nitrogen and oxygen atoms in total. The molecular formula is C12H17FN2S. The van der Waals surface area contributed by atoms with Gasteiger partial charge in [-0.1, -0.05) is 6.92 Å². The topological polar surface area (TPSA) is 29.3 Å². The van der Waals surface area contributed by atoms with Gasteiger partial charge in [-0.15, -0.1) is 0 Å². The zero-order valence-corrected chi connectivity index (χ0v) is 10.3. The Labute approximate surface area is 100 Å². The van der Waals surface area contributed by atoms with Crippen molar-refractivity contribution in [2.75, 3.05) is 23.7 Å². The quantitative estimate of drug-likeness (QED) is 0.859. The van der Waals surface area contributed by atoms with Gasteiger partial charge in [0.25, 0.3) is 0 Å². The summed E-state index contributed by atoms with van der Waals surface area (Å²) in [5, 5.41) is 0.629. The first-order valence-electron chi connectivity index (χ1n) is 5.55. The molecule has 0 amide bonds. The van der Waals surface area contributed by atoms with E-state index in [2.05, 4.69) is 11.8 Å². The summed E-state index contributed by atoms with van der Waals surface area (Å²) >= 11 is 1.99. The van der Waals surface area contributed by atoms with E-state index in [-0.39, 0.29) is 5.82 Å². The van der Waals surface area contributed by atoms with Crippen LogP contribution in [0.2, 0.25) is 0 Å². The molecule has 0 saturated carbocycles. The number of halogens is 1. The molecule has 1 aliphatic heterocycles. The van der Waals surface area contributed by atoms with Crippen molar-refractivity contribution in [1.82, 2.24) is 0 Å². The molecule has 0 aromatic heterocycles. The van der Waals surface area contributed by atoms with Gasteiger partial charge in [0.15, 0.2) is 0 Å². The smallest absolute Gasteiger partial charge is 0.123 e. The lowest BCUT2D eigenvalue weighted by molar-refractivity contribution is 0.624. The van der Waals surface area contributed by atoms with E-state index in [1.165, 1.54) is 6.07 Å². The van der Waals surface area contributed by atoms with E-state index in [0.717, 1.165) is 30.1 Å². The Balaban J connectivity index is 2.24. The number of hydrogen-bond donors (Lipinski definition) is 1. The summed E-state index contributed by atoms with van der Waals surface area (Å²) in [5.41, 5.74) is 7.66. The largest absolute Gasteiger partial charge is 0.369 e. The third-order valence-corrected chi connectivity index (χ3v) is 3.98. The number of rotatable bonds is 2. The van der Waals surface area contributed by atoms with Gasteiger partial charge in [0.1, 0.15) is 5.82 Å². The van der Waals surface area contributed by atoms with Crippen molar-refractivity contribution < 1.29 is 4.39 Å². The van der Waals surface area contributed by atoms with Crippen LogP contribution in [0.5, 0.6) is 0 Å². The van der Waals surface area contributed by atoms with Crippen LogP contribution in [-0.2, 0) is 6.54 Å². The van der Waals surface area contributed by atoms with E-state index >= 15 is 0 Å². The second kappa shape index (κ2) is 5.06. The van der Waals surface area contributed by atoms with E-state index < -0.39 is 0 Å². The Morgan fingerprint density at radius 2 is 2.38 bits per heavy atom. The number of benzene rings is 1. The van der Waals surface area contributed by atoms with Crippen LogP contribution in [0, 0.1) is 5.82 Å². The van der Waals surface area contributed by atoms with Crippen LogP contribution in [0.25, 0.3) is 0 Å². The molecule has 1 aromatic carbocycles. The SMILES string of the molecule is CC1CN(c2ccc(F)cc2CN)CCS1. The van der Waals surface area contributed by atoms with Crippen molar-refractivity contribution in [1.29, 1.82) is 0 Å². The number of anilines is 1. The molecule has 0 bridgehead atoms. The monoisotopic (exact) mass is 240 g/mol. The minimum atomic E-state index is -0.205. The molecule has 2 rings (SSSR count). The molecular weight excluding hydrogens is 223 g/mol. The molecule has 1 aromatic rings. The maximum Gasteiger partial charge on any atom is 0.123 e. The third-order valence-electron chi connectivity index (χ3n) is 2.84. The normalized spacial score (nSPS) is 21.2. The van der Waals surface area contributed by atoms with E-state index in [0.29, 0.717) is 11.8 Å². The molecule has 1 aliphatic rings. The van der Waals surface area contributed by atoms with Crippen molar-refractivity contribution in [3.05, 3.63) is 29.6 Å². The van der Waals surface area contributed by atoms with Crippen LogP contribution in [-0.4, -0.2) is 24.1 Å². The lowest BCUT2D eigenvalue weighted by Gasteiger charge is -2.33. The van der Waals surface area contributed by atoms with Crippen molar-refractivity contribution in [2.24, 2.45) is 5.73 Å². The van der Waals surface area contributed by atoms with Crippen molar-refractivity contribution in [3.8, 4) is 0 Å². The van der Waals surface area contributed by atoms with Gasteiger partial charge in [-0.2, -0.15) is 11.8 Å². The molecule has 0 aliphatic carbocycles. The molecule has 4 heteroatoms. The molecule has 0 spiro atoms. The fourth-order valence-corrected chi connectivity index (χ4v) is 3.08. The van der Waals surface area contributed by atoms with Gasteiger partial charge in [0.05, 0.1) is 0 Å². The molecule has 1 unspecified atom stereocenters. The second-order valence-corrected chi connectivity index (χ2v) is 5.65. The van der Waals surface area contributed by atoms with Crippen LogP contribution in [0.3, 0.4) is 0 Å². The summed E-state index contributed by atoms with van der Waals surface area (Å²) in [6.45, 7) is 4.66. The van der Waals surface area contributed by atoms with Crippen LogP contribution in [0.15, 0.2) is 18.2 Å². The molecule has 1 saturated heterocycles. The molecule has 88 valence electrons. The Morgan fingerprint density at radius 3 is 3.06 bits per heavy atom. The Kier molecular flexibility index (Phi) is 3.71. The minimum Gasteiger partial charge on any atom is -0.369 e. The number of nitrogens with two attached hydrogens (primary N) is 1. The van der Waals surface area contributed by atoms with Gasteiger partial charge in [0, 0.05) is 36.3 Å². The second-order valence-electron chi connectivity index (χ2n) is 4.10. The van der Waals surface area contributed by atoms with Crippen LogP contribution in [0.1, 0.15) is 12.5 Å². The van der Waals surface area contributed by atoms with E-state index in [1.54, 1.807) is 6.07 Å². The third kappa shape index (κ3) is 2.50.